The summed E-state index contributed by atoms with van der Waals surface area (Å²) in [5.74, 6) is -0.410. The van der Waals surface area contributed by atoms with Crippen molar-refractivity contribution in [3.8, 4) is 5.75 Å². The van der Waals surface area contributed by atoms with Gasteiger partial charge in [-0.2, -0.15) is 0 Å². The molecule has 0 bridgehead atoms. The maximum Gasteiger partial charge on any atom is 0.338 e. The largest absolute Gasteiger partial charge is 0.485 e. The molecule has 104 valence electrons. The fourth-order valence-corrected chi connectivity index (χ4v) is 1.58. The molecular weight excluding hydrogens is 266 g/mol. The SMILES string of the molecule is Cc1ccc([N+](=O)[O-])cc1OCc1cc(C(=O)O)co1. The molecule has 0 aliphatic heterocycles. The van der Waals surface area contributed by atoms with Crippen LogP contribution in [-0.2, 0) is 6.61 Å². The molecule has 2 rings (SSSR count). The Kier molecular flexibility index (Phi) is 3.69. The highest BCUT2D eigenvalue weighted by molar-refractivity contribution is 5.87. The van der Waals surface area contributed by atoms with Crippen molar-refractivity contribution in [2.24, 2.45) is 0 Å². The van der Waals surface area contributed by atoms with Crippen LogP contribution in [0.5, 0.6) is 5.75 Å². The lowest BCUT2D eigenvalue weighted by molar-refractivity contribution is -0.385. The third-order valence-corrected chi connectivity index (χ3v) is 2.65. The van der Waals surface area contributed by atoms with Gasteiger partial charge in [-0.05, 0) is 24.6 Å². The highest BCUT2D eigenvalue weighted by atomic mass is 16.6. The van der Waals surface area contributed by atoms with Crippen LogP contribution in [-0.4, -0.2) is 16.0 Å². The lowest BCUT2D eigenvalue weighted by Gasteiger charge is -2.07. The molecule has 7 nitrogen and oxygen atoms in total. The third-order valence-electron chi connectivity index (χ3n) is 2.65. The fraction of sp³-hybridized carbons (Fsp3) is 0.154. The van der Waals surface area contributed by atoms with E-state index in [4.69, 9.17) is 14.3 Å². The van der Waals surface area contributed by atoms with E-state index in [0.717, 1.165) is 11.8 Å². The fourth-order valence-electron chi connectivity index (χ4n) is 1.58. The Balaban J connectivity index is 2.11. The number of carbonyl (C=O) groups is 1. The number of benzene rings is 1. The number of aryl methyl sites for hydroxylation is 1. The van der Waals surface area contributed by atoms with Gasteiger partial charge in [0.1, 0.15) is 24.4 Å². The molecule has 0 amide bonds. The number of aromatic carboxylic acids is 1. The number of nitro benzene ring substituents is 1. The lowest BCUT2D eigenvalue weighted by atomic mass is 10.2. The molecule has 7 heteroatoms. The van der Waals surface area contributed by atoms with Crippen LogP contribution < -0.4 is 4.74 Å². The van der Waals surface area contributed by atoms with Gasteiger partial charge >= 0.3 is 5.97 Å². The summed E-state index contributed by atoms with van der Waals surface area (Å²) >= 11 is 0. The summed E-state index contributed by atoms with van der Waals surface area (Å²) in [6, 6.07) is 5.63. The highest BCUT2D eigenvalue weighted by Gasteiger charge is 2.12. The number of hydrogen-bond acceptors (Lipinski definition) is 5. The van der Waals surface area contributed by atoms with Gasteiger partial charge in [0.15, 0.2) is 0 Å². The maximum absolute atomic E-state index is 10.7. The van der Waals surface area contributed by atoms with E-state index in [0.29, 0.717) is 11.5 Å². The van der Waals surface area contributed by atoms with Crippen LogP contribution in [0.25, 0.3) is 0 Å². The van der Waals surface area contributed by atoms with Crippen molar-refractivity contribution in [3.63, 3.8) is 0 Å². The number of nitro groups is 1. The van der Waals surface area contributed by atoms with E-state index in [-0.39, 0.29) is 17.9 Å². The summed E-state index contributed by atoms with van der Waals surface area (Å²) in [6.45, 7) is 1.75. The molecule has 0 fully saturated rings. The van der Waals surface area contributed by atoms with Gasteiger partial charge in [-0.25, -0.2) is 4.79 Å². The molecule has 0 radical (unpaired) electrons. The zero-order valence-electron chi connectivity index (χ0n) is 10.5. The summed E-state index contributed by atoms with van der Waals surface area (Å²) in [5.41, 5.74) is 0.691. The average molecular weight is 277 g/mol. The van der Waals surface area contributed by atoms with Gasteiger partial charge in [-0.1, -0.05) is 0 Å². The Morgan fingerprint density at radius 2 is 2.20 bits per heavy atom. The molecule has 0 spiro atoms. The molecule has 1 aromatic carbocycles. The maximum atomic E-state index is 10.7. The normalized spacial score (nSPS) is 10.2. The summed E-state index contributed by atoms with van der Waals surface area (Å²) in [6.07, 6.45) is 1.11. The Bertz CT molecular complexity index is 661. The summed E-state index contributed by atoms with van der Waals surface area (Å²) in [4.78, 5) is 20.9. The van der Waals surface area contributed by atoms with Crippen molar-refractivity contribution in [1.82, 2.24) is 0 Å². The Labute approximate surface area is 113 Å². The quantitative estimate of drug-likeness (QED) is 0.665. The number of hydrogen-bond donors (Lipinski definition) is 1. The van der Waals surface area contributed by atoms with Gasteiger partial charge in [0.25, 0.3) is 5.69 Å². The molecule has 0 saturated carbocycles. The summed E-state index contributed by atoms with van der Waals surface area (Å²) < 4.78 is 10.4. The Morgan fingerprint density at radius 3 is 2.80 bits per heavy atom. The lowest BCUT2D eigenvalue weighted by Crippen LogP contribution is -1.98. The van der Waals surface area contributed by atoms with Crippen molar-refractivity contribution in [1.29, 1.82) is 0 Å². The Hall–Kier alpha value is -2.83. The Morgan fingerprint density at radius 1 is 1.45 bits per heavy atom. The van der Waals surface area contributed by atoms with Crippen molar-refractivity contribution in [3.05, 3.63) is 57.5 Å². The number of ether oxygens (including phenoxy) is 1. The van der Waals surface area contributed by atoms with E-state index in [1.54, 1.807) is 13.0 Å². The second-order valence-electron chi connectivity index (χ2n) is 4.10. The van der Waals surface area contributed by atoms with Gasteiger partial charge in [0.2, 0.25) is 0 Å². The number of rotatable bonds is 5. The van der Waals surface area contributed by atoms with E-state index in [1.807, 2.05) is 0 Å². The van der Waals surface area contributed by atoms with Crippen molar-refractivity contribution >= 4 is 11.7 Å². The minimum atomic E-state index is -1.09. The summed E-state index contributed by atoms with van der Waals surface area (Å²) in [5, 5.41) is 19.4. The number of furan rings is 1. The average Bonchev–Trinajstić information content (AvgIpc) is 2.86. The first kappa shape index (κ1) is 13.6. The van der Waals surface area contributed by atoms with E-state index in [2.05, 4.69) is 0 Å². The number of carboxylic acids is 1. The molecule has 0 saturated heterocycles. The van der Waals surface area contributed by atoms with Crippen LogP contribution in [0, 0.1) is 17.0 Å². The van der Waals surface area contributed by atoms with E-state index < -0.39 is 10.9 Å². The molecule has 1 heterocycles. The molecule has 1 aromatic heterocycles. The molecule has 0 unspecified atom stereocenters. The standard InChI is InChI=1S/C13H11NO6/c1-8-2-3-10(14(17)18)5-12(8)20-7-11-4-9(6-19-11)13(15)16/h2-6H,7H2,1H3,(H,15,16). The van der Waals surface area contributed by atoms with E-state index in [9.17, 15) is 14.9 Å². The molecule has 0 aliphatic rings. The molecule has 0 atom stereocenters. The number of nitrogens with zero attached hydrogens (tertiary/aromatic N) is 1. The second-order valence-corrected chi connectivity index (χ2v) is 4.10. The van der Waals surface area contributed by atoms with Crippen LogP contribution in [0.4, 0.5) is 5.69 Å². The first-order chi connectivity index (χ1) is 9.47. The highest BCUT2D eigenvalue weighted by Crippen LogP contribution is 2.25. The van der Waals surface area contributed by atoms with Crippen LogP contribution >= 0.6 is 0 Å². The zero-order valence-corrected chi connectivity index (χ0v) is 10.5. The number of non-ortho nitro benzene ring substituents is 1. The van der Waals surface area contributed by atoms with Gasteiger partial charge in [0, 0.05) is 6.07 Å². The minimum absolute atomic E-state index is 0.00467. The predicted octanol–water partition coefficient (Wildman–Crippen LogP) is 2.77. The van der Waals surface area contributed by atoms with E-state index >= 15 is 0 Å². The van der Waals surface area contributed by atoms with Crippen molar-refractivity contribution in [2.75, 3.05) is 0 Å². The predicted molar refractivity (Wildman–Crippen MR) is 67.8 cm³/mol. The van der Waals surface area contributed by atoms with Gasteiger partial charge in [-0.3, -0.25) is 10.1 Å². The topological polar surface area (TPSA) is 103 Å². The molecular formula is C13H11NO6. The van der Waals surface area contributed by atoms with Gasteiger partial charge in [0.05, 0.1) is 16.6 Å². The first-order valence-corrected chi connectivity index (χ1v) is 5.66. The van der Waals surface area contributed by atoms with Gasteiger partial charge < -0.3 is 14.3 Å². The minimum Gasteiger partial charge on any atom is -0.485 e. The molecule has 0 aliphatic carbocycles. The van der Waals surface area contributed by atoms with Crippen molar-refractivity contribution < 1.29 is 24.0 Å². The smallest absolute Gasteiger partial charge is 0.338 e. The molecule has 2 aromatic rings. The first-order valence-electron chi connectivity index (χ1n) is 5.66. The summed E-state index contributed by atoms with van der Waals surface area (Å²) in [7, 11) is 0. The van der Waals surface area contributed by atoms with Gasteiger partial charge in [-0.15, -0.1) is 0 Å². The monoisotopic (exact) mass is 277 g/mol. The zero-order chi connectivity index (χ0) is 14.7. The third kappa shape index (κ3) is 2.94. The second kappa shape index (κ2) is 5.43. The van der Waals surface area contributed by atoms with Crippen LogP contribution in [0.3, 0.4) is 0 Å². The molecule has 20 heavy (non-hydrogen) atoms. The van der Waals surface area contributed by atoms with Crippen LogP contribution in [0.1, 0.15) is 21.7 Å². The molecule has 1 N–H and O–H groups in total. The van der Waals surface area contributed by atoms with Crippen molar-refractivity contribution in [2.45, 2.75) is 13.5 Å². The number of carboxylic acid groups (broad SMARTS) is 1. The van der Waals surface area contributed by atoms with Crippen LogP contribution in [0.15, 0.2) is 34.9 Å². The van der Waals surface area contributed by atoms with Crippen LogP contribution in [0.2, 0.25) is 0 Å². The van der Waals surface area contributed by atoms with E-state index in [1.165, 1.54) is 18.2 Å².